The Labute approximate surface area is 192 Å². The van der Waals surface area contributed by atoms with Crippen LogP contribution in [-0.4, -0.2) is 112 Å². The van der Waals surface area contributed by atoms with Gasteiger partial charge in [0.15, 0.2) is 5.96 Å². The molecule has 1 amide bonds. The van der Waals surface area contributed by atoms with Crippen LogP contribution in [0.4, 0.5) is 0 Å². The minimum absolute atomic E-state index is 0. The van der Waals surface area contributed by atoms with Crippen molar-refractivity contribution < 1.29 is 14.3 Å². The molecule has 0 aromatic rings. The van der Waals surface area contributed by atoms with Gasteiger partial charge in [0.25, 0.3) is 0 Å². The Hall–Kier alpha value is -0.650. The van der Waals surface area contributed by atoms with Crippen molar-refractivity contribution in [3.8, 4) is 0 Å². The van der Waals surface area contributed by atoms with Gasteiger partial charge in [0.2, 0.25) is 5.91 Å². The topological polar surface area (TPSA) is 69.6 Å². The highest BCUT2D eigenvalue weighted by Gasteiger charge is 2.30. The second-order valence-electron chi connectivity index (χ2n) is 8.15. The fourth-order valence-electron chi connectivity index (χ4n) is 4.27. The molecule has 0 aromatic heterocycles. The molecular weight excluding hydrogens is 485 g/mol. The van der Waals surface area contributed by atoms with Gasteiger partial charge in [-0.1, -0.05) is 6.92 Å². The number of rotatable bonds is 5. The molecule has 0 saturated carbocycles. The Morgan fingerprint density at radius 1 is 1.00 bits per heavy atom. The molecule has 0 bridgehead atoms. The summed E-state index contributed by atoms with van der Waals surface area (Å²) in [6.07, 6.45) is 1.81. The molecule has 3 fully saturated rings. The van der Waals surface area contributed by atoms with Crippen LogP contribution in [0.3, 0.4) is 0 Å². The fourth-order valence-corrected chi connectivity index (χ4v) is 4.27. The van der Waals surface area contributed by atoms with E-state index in [2.05, 4.69) is 27.0 Å². The summed E-state index contributed by atoms with van der Waals surface area (Å²) in [7, 11) is 1.85. The van der Waals surface area contributed by atoms with Gasteiger partial charge in [-0.2, -0.15) is 0 Å². The first-order valence-electron chi connectivity index (χ1n) is 10.8. The molecule has 0 aliphatic carbocycles. The van der Waals surface area contributed by atoms with E-state index in [0.717, 1.165) is 84.4 Å². The largest absolute Gasteiger partial charge is 0.379 e. The minimum atomic E-state index is 0. The molecule has 9 heteroatoms. The molecule has 3 heterocycles. The predicted molar refractivity (Wildman–Crippen MR) is 125 cm³/mol. The summed E-state index contributed by atoms with van der Waals surface area (Å²) in [4.78, 5) is 23.9. The van der Waals surface area contributed by atoms with E-state index in [1.54, 1.807) is 0 Å². The van der Waals surface area contributed by atoms with Crippen molar-refractivity contribution in [1.29, 1.82) is 0 Å². The van der Waals surface area contributed by atoms with E-state index in [0.29, 0.717) is 25.0 Å². The molecule has 29 heavy (non-hydrogen) atoms. The summed E-state index contributed by atoms with van der Waals surface area (Å²) in [6.45, 7) is 12.6. The zero-order valence-corrected chi connectivity index (χ0v) is 20.3. The Balaban J connectivity index is 0.00000300. The Bertz CT molecular complexity index is 516. The second-order valence-corrected chi connectivity index (χ2v) is 8.15. The standard InChI is InChI=1S/C20H37N5O3.HI/c1-17(16-23-7-11-27-12-8-23)15-22-20(21-2)25-5-3-18(4-6-25)19(26)24-9-13-28-14-10-24;/h17-18H,3-16H2,1-2H3,(H,21,22);1H. The lowest BCUT2D eigenvalue weighted by Crippen LogP contribution is -2.50. The number of guanidine groups is 1. The van der Waals surface area contributed by atoms with Crippen LogP contribution in [-0.2, 0) is 14.3 Å². The Morgan fingerprint density at radius 2 is 1.59 bits per heavy atom. The molecule has 8 nitrogen and oxygen atoms in total. The van der Waals surface area contributed by atoms with Crippen molar-refractivity contribution in [2.75, 3.05) is 85.8 Å². The molecule has 168 valence electrons. The smallest absolute Gasteiger partial charge is 0.225 e. The van der Waals surface area contributed by atoms with E-state index < -0.39 is 0 Å². The Kier molecular flexibility index (Phi) is 11.0. The molecule has 0 spiro atoms. The quantitative estimate of drug-likeness (QED) is 0.326. The first-order valence-corrected chi connectivity index (χ1v) is 10.8. The number of ether oxygens (including phenoxy) is 2. The van der Waals surface area contributed by atoms with Gasteiger partial charge >= 0.3 is 0 Å². The van der Waals surface area contributed by atoms with Crippen molar-refractivity contribution in [2.24, 2.45) is 16.8 Å². The summed E-state index contributed by atoms with van der Waals surface area (Å²) >= 11 is 0. The molecule has 3 aliphatic heterocycles. The van der Waals surface area contributed by atoms with E-state index in [4.69, 9.17) is 9.47 Å². The molecule has 0 aromatic carbocycles. The fraction of sp³-hybridized carbons (Fsp3) is 0.900. The second kappa shape index (κ2) is 12.9. The highest BCUT2D eigenvalue weighted by atomic mass is 127. The van der Waals surface area contributed by atoms with Crippen molar-refractivity contribution in [3.63, 3.8) is 0 Å². The van der Waals surface area contributed by atoms with Crippen LogP contribution in [0, 0.1) is 11.8 Å². The van der Waals surface area contributed by atoms with Crippen LogP contribution < -0.4 is 5.32 Å². The number of piperidine rings is 1. The van der Waals surface area contributed by atoms with Gasteiger partial charge in [-0.15, -0.1) is 24.0 Å². The Morgan fingerprint density at radius 3 is 2.17 bits per heavy atom. The third kappa shape index (κ3) is 7.52. The molecule has 1 N–H and O–H groups in total. The van der Waals surface area contributed by atoms with Crippen LogP contribution in [0.2, 0.25) is 0 Å². The number of carbonyl (C=O) groups excluding carboxylic acids is 1. The number of hydrogen-bond donors (Lipinski definition) is 1. The van der Waals surface area contributed by atoms with Crippen LogP contribution >= 0.6 is 24.0 Å². The lowest BCUT2D eigenvalue weighted by molar-refractivity contribution is -0.140. The average Bonchev–Trinajstić information content (AvgIpc) is 2.75. The van der Waals surface area contributed by atoms with Gasteiger partial charge in [-0.25, -0.2) is 0 Å². The van der Waals surface area contributed by atoms with Crippen LogP contribution in [0.15, 0.2) is 4.99 Å². The maximum atomic E-state index is 12.7. The zero-order chi connectivity index (χ0) is 19.8. The number of likely N-dealkylation sites (tertiary alicyclic amines) is 1. The van der Waals surface area contributed by atoms with Gasteiger partial charge in [0.1, 0.15) is 0 Å². The van der Waals surface area contributed by atoms with E-state index in [9.17, 15) is 4.79 Å². The summed E-state index contributed by atoms with van der Waals surface area (Å²) in [5, 5.41) is 3.54. The van der Waals surface area contributed by atoms with Gasteiger partial charge in [-0.05, 0) is 18.8 Å². The molecule has 3 rings (SSSR count). The molecule has 3 saturated heterocycles. The van der Waals surface area contributed by atoms with Crippen LogP contribution in [0.5, 0.6) is 0 Å². The van der Waals surface area contributed by atoms with Crippen molar-refractivity contribution >= 4 is 35.8 Å². The summed E-state index contributed by atoms with van der Waals surface area (Å²) in [5.74, 6) is 1.97. The lowest BCUT2D eigenvalue weighted by atomic mass is 9.95. The van der Waals surface area contributed by atoms with E-state index in [1.165, 1.54) is 0 Å². The van der Waals surface area contributed by atoms with Crippen molar-refractivity contribution in [1.82, 2.24) is 20.0 Å². The number of halogens is 1. The molecule has 1 atom stereocenters. The normalized spacial score (nSPS) is 23.4. The number of morpholine rings is 2. The lowest BCUT2D eigenvalue weighted by Gasteiger charge is -2.37. The third-order valence-electron chi connectivity index (χ3n) is 5.96. The van der Waals surface area contributed by atoms with Crippen molar-refractivity contribution in [3.05, 3.63) is 0 Å². The summed E-state index contributed by atoms with van der Waals surface area (Å²) in [6, 6.07) is 0. The highest BCUT2D eigenvalue weighted by molar-refractivity contribution is 14.0. The first-order chi connectivity index (χ1) is 13.7. The average molecular weight is 523 g/mol. The van der Waals surface area contributed by atoms with Crippen molar-refractivity contribution in [2.45, 2.75) is 19.8 Å². The highest BCUT2D eigenvalue weighted by Crippen LogP contribution is 2.20. The van der Waals surface area contributed by atoms with E-state index in [1.807, 2.05) is 11.9 Å². The maximum Gasteiger partial charge on any atom is 0.225 e. The summed E-state index contributed by atoms with van der Waals surface area (Å²) in [5.41, 5.74) is 0. The number of hydrogen-bond acceptors (Lipinski definition) is 5. The number of nitrogens with zero attached hydrogens (tertiary/aromatic N) is 4. The van der Waals surface area contributed by atoms with E-state index in [-0.39, 0.29) is 29.9 Å². The zero-order valence-electron chi connectivity index (χ0n) is 18.0. The molecule has 3 aliphatic rings. The predicted octanol–water partition coefficient (Wildman–Crippen LogP) is 0.719. The minimum Gasteiger partial charge on any atom is -0.379 e. The van der Waals surface area contributed by atoms with Crippen LogP contribution in [0.1, 0.15) is 19.8 Å². The maximum absolute atomic E-state index is 12.7. The monoisotopic (exact) mass is 523 g/mol. The third-order valence-corrected chi connectivity index (χ3v) is 5.96. The van der Waals surface area contributed by atoms with Crippen LogP contribution in [0.25, 0.3) is 0 Å². The number of nitrogens with one attached hydrogen (secondary N) is 1. The van der Waals surface area contributed by atoms with Gasteiger partial charge in [0, 0.05) is 65.3 Å². The number of carbonyl (C=O) groups is 1. The summed E-state index contributed by atoms with van der Waals surface area (Å²) < 4.78 is 10.8. The number of amides is 1. The SMILES string of the molecule is CN=C(NCC(C)CN1CCOCC1)N1CCC(C(=O)N2CCOCC2)CC1.I. The van der Waals surface area contributed by atoms with Gasteiger partial charge < -0.3 is 24.6 Å². The number of aliphatic imine (C=N–C) groups is 1. The van der Waals surface area contributed by atoms with Gasteiger partial charge in [-0.3, -0.25) is 14.7 Å². The molecule has 1 unspecified atom stereocenters. The first kappa shape index (κ1) is 24.6. The molecule has 0 radical (unpaired) electrons. The van der Waals surface area contributed by atoms with Gasteiger partial charge in [0.05, 0.1) is 26.4 Å². The van der Waals surface area contributed by atoms with E-state index >= 15 is 0 Å². The molecular formula is C20H38IN5O3.